The molecule has 3 N–H and O–H groups in total. The molecular weight excluding hydrogens is 366 g/mol. The normalized spacial score (nSPS) is 18.5. The van der Waals surface area contributed by atoms with Gasteiger partial charge in [-0.25, -0.2) is 0 Å². The fourth-order valence-corrected chi connectivity index (χ4v) is 4.70. The zero-order valence-electron chi connectivity index (χ0n) is 17.5. The average Bonchev–Trinajstić information content (AvgIpc) is 2.66. The number of benzene rings is 3. The van der Waals surface area contributed by atoms with Gasteiger partial charge in [0.25, 0.3) is 0 Å². The highest BCUT2D eigenvalue weighted by Gasteiger charge is 2.30. The van der Waals surface area contributed by atoms with Crippen LogP contribution in [0.5, 0.6) is 23.0 Å². The van der Waals surface area contributed by atoms with Crippen LogP contribution in [-0.2, 0) is 6.42 Å². The maximum atomic E-state index is 11.0. The van der Waals surface area contributed by atoms with Crippen LogP contribution < -0.4 is 14.8 Å². The molecule has 0 aliphatic carbocycles. The van der Waals surface area contributed by atoms with Crippen molar-refractivity contribution in [1.82, 2.24) is 5.32 Å². The van der Waals surface area contributed by atoms with Crippen LogP contribution in [0.15, 0.2) is 30.3 Å². The summed E-state index contributed by atoms with van der Waals surface area (Å²) in [5, 5.41) is 26.7. The Morgan fingerprint density at radius 3 is 2.38 bits per heavy atom. The van der Waals surface area contributed by atoms with Crippen LogP contribution in [0, 0.1) is 6.92 Å². The molecule has 0 aromatic heterocycles. The summed E-state index contributed by atoms with van der Waals surface area (Å²) in [5.74, 6) is 1.63. The molecule has 3 aromatic carbocycles. The Kier molecular flexibility index (Phi) is 4.79. The van der Waals surface area contributed by atoms with E-state index in [1.807, 2.05) is 25.1 Å². The summed E-state index contributed by atoms with van der Waals surface area (Å²) in [7, 11) is 3.22. The van der Waals surface area contributed by atoms with Crippen LogP contribution in [0.1, 0.15) is 36.6 Å². The van der Waals surface area contributed by atoms with Crippen LogP contribution in [0.4, 0.5) is 0 Å². The van der Waals surface area contributed by atoms with Crippen LogP contribution in [-0.4, -0.2) is 30.5 Å². The number of hydrogen-bond acceptors (Lipinski definition) is 5. The van der Waals surface area contributed by atoms with E-state index in [-0.39, 0.29) is 23.6 Å². The number of rotatable bonds is 3. The van der Waals surface area contributed by atoms with Crippen molar-refractivity contribution in [3.8, 4) is 34.1 Å². The van der Waals surface area contributed by atoms with Crippen molar-refractivity contribution < 1.29 is 19.7 Å². The van der Waals surface area contributed by atoms with Crippen molar-refractivity contribution in [3.63, 3.8) is 0 Å². The van der Waals surface area contributed by atoms with Gasteiger partial charge in [0.1, 0.15) is 23.0 Å². The maximum Gasteiger partial charge on any atom is 0.130 e. The fraction of sp³-hybridized carbons (Fsp3) is 0.333. The largest absolute Gasteiger partial charge is 0.507 e. The predicted molar refractivity (Wildman–Crippen MR) is 115 cm³/mol. The highest BCUT2D eigenvalue weighted by molar-refractivity contribution is 6.05. The lowest BCUT2D eigenvalue weighted by atomic mass is 9.83. The van der Waals surface area contributed by atoms with Crippen molar-refractivity contribution in [1.29, 1.82) is 0 Å². The Hall–Kier alpha value is -2.92. The number of methoxy groups -OCH3 is 2. The first kappa shape index (κ1) is 19.4. The zero-order valence-corrected chi connectivity index (χ0v) is 17.5. The van der Waals surface area contributed by atoms with Gasteiger partial charge in [-0.05, 0) is 67.5 Å². The molecule has 0 bridgehead atoms. The Bertz CT molecular complexity index is 1110. The van der Waals surface area contributed by atoms with E-state index in [9.17, 15) is 10.2 Å². The van der Waals surface area contributed by atoms with Gasteiger partial charge in [-0.1, -0.05) is 6.07 Å². The van der Waals surface area contributed by atoms with Crippen LogP contribution in [0.3, 0.4) is 0 Å². The van der Waals surface area contributed by atoms with E-state index in [1.54, 1.807) is 26.4 Å². The third-order valence-electron chi connectivity index (χ3n) is 5.80. The molecule has 1 heterocycles. The van der Waals surface area contributed by atoms with E-state index in [4.69, 9.17) is 9.47 Å². The van der Waals surface area contributed by atoms with E-state index >= 15 is 0 Å². The predicted octanol–water partition coefficient (Wildman–Crippen LogP) is 4.84. The highest BCUT2D eigenvalue weighted by Crippen LogP contribution is 2.48. The quantitative estimate of drug-likeness (QED) is 0.594. The molecule has 1 aliphatic heterocycles. The second-order valence-corrected chi connectivity index (χ2v) is 7.88. The van der Waals surface area contributed by atoms with E-state index in [1.165, 1.54) is 0 Å². The molecule has 29 heavy (non-hydrogen) atoms. The summed E-state index contributed by atoms with van der Waals surface area (Å²) >= 11 is 0. The molecule has 0 fully saturated rings. The van der Waals surface area contributed by atoms with Gasteiger partial charge in [0, 0.05) is 29.3 Å². The molecule has 1 aliphatic rings. The maximum absolute atomic E-state index is 11.0. The number of phenols is 2. The van der Waals surface area contributed by atoms with E-state index in [0.29, 0.717) is 16.9 Å². The van der Waals surface area contributed by atoms with E-state index < -0.39 is 0 Å². The Morgan fingerprint density at radius 2 is 1.69 bits per heavy atom. The van der Waals surface area contributed by atoms with E-state index in [0.717, 1.165) is 39.6 Å². The lowest BCUT2D eigenvalue weighted by Gasteiger charge is -2.33. The van der Waals surface area contributed by atoms with Crippen molar-refractivity contribution in [3.05, 3.63) is 47.0 Å². The van der Waals surface area contributed by atoms with Crippen LogP contribution in [0.25, 0.3) is 21.9 Å². The molecule has 2 unspecified atom stereocenters. The molecule has 0 radical (unpaired) electrons. The van der Waals surface area contributed by atoms with E-state index in [2.05, 4.69) is 19.2 Å². The molecule has 2 atom stereocenters. The summed E-state index contributed by atoms with van der Waals surface area (Å²) in [6, 6.07) is 9.61. The molecule has 4 rings (SSSR count). The minimum atomic E-state index is 0.0997. The van der Waals surface area contributed by atoms with Crippen molar-refractivity contribution in [2.45, 2.75) is 39.3 Å². The smallest absolute Gasteiger partial charge is 0.130 e. The molecule has 0 amide bonds. The third kappa shape index (κ3) is 3.06. The molecule has 5 heteroatoms. The second kappa shape index (κ2) is 7.16. The number of nitrogens with one attached hydrogen (secondary N) is 1. The molecule has 152 valence electrons. The van der Waals surface area contributed by atoms with Gasteiger partial charge in [0.05, 0.1) is 19.6 Å². The van der Waals surface area contributed by atoms with Crippen LogP contribution in [0.2, 0.25) is 0 Å². The molecule has 3 aromatic rings. The summed E-state index contributed by atoms with van der Waals surface area (Å²) in [6.07, 6.45) is 0.769. The standard InChI is InChI=1S/C24H27NO4/c1-12-8-16-15(6-7-20(28-4)24(16)18(26)9-12)23-17-10-13(2)25-14(3)22(17)21(29-5)11-19(23)27/h6-9,11,13-14,25-27H,10H2,1-5H3. The van der Waals surface area contributed by atoms with Crippen molar-refractivity contribution in [2.24, 2.45) is 0 Å². The third-order valence-corrected chi connectivity index (χ3v) is 5.80. The molecule has 0 saturated carbocycles. The first-order chi connectivity index (χ1) is 13.8. The summed E-state index contributed by atoms with van der Waals surface area (Å²) in [6.45, 7) is 6.20. The highest BCUT2D eigenvalue weighted by atomic mass is 16.5. The number of fused-ring (bicyclic) bond motifs is 2. The molecular formula is C24H27NO4. The Labute approximate surface area is 170 Å². The number of phenolic OH excluding ortho intramolecular Hbond substituents is 2. The fourth-order valence-electron chi connectivity index (χ4n) is 4.70. The Balaban J connectivity index is 2.12. The topological polar surface area (TPSA) is 71.0 Å². The number of aryl methyl sites for hydroxylation is 1. The van der Waals surface area contributed by atoms with Gasteiger partial charge in [0.2, 0.25) is 0 Å². The monoisotopic (exact) mass is 393 g/mol. The Morgan fingerprint density at radius 1 is 0.966 bits per heavy atom. The number of hydrogen-bond donors (Lipinski definition) is 3. The van der Waals surface area contributed by atoms with Gasteiger partial charge in [0.15, 0.2) is 0 Å². The van der Waals surface area contributed by atoms with Gasteiger partial charge in [-0.2, -0.15) is 0 Å². The number of ether oxygens (including phenoxy) is 2. The average molecular weight is 393 g/mol. The summed E-state index contributed by atoms with van der Waals surface area (Å²) in [5.41, 5.74) is 4.75. The minimum Gasteiger partial charge on any atom is -0.507 e. The zero-order chi connectivity index (χ0) is 20.9. The SMILES string of the molecule is COc1cc(O)c(-c2ccc(OC)c3c(O)cc(C)cc23)c2c1C(C)NC(C)C2. The first-order valence-corrected chi connectivity index (χ1v) is 9.85. The van der Waals surface area contributed by atoms with Crippen molar-refractivity contribution in [2.75, 3.05) is 14.2 Å². The van der Waals surface area contributed by atoms with Gasteiger partial charge < -0.3 is 25.0 Å². The number of aromatic hydroxyl groups is 2. The lowest BCUT2D eigenvalue weighted by Crippen LogP contribution is -2.36. The van der Waals surface area contributed by atoms with Crippen molar-refractivity contribution >= 4 is 10.8 Å². The summed E-state index contributed by atoms with van der Waals surface area (Å²) in [4.78, 5) is 0. The molecule has 0 spiro atoms. The van der Waals surface area contributed by atoms with Gasteiger partial charge >= 0.3 is 0 Å². The van der Waals surface area contributed by atoms with Gasteiger partial charge in [-0.15, -0.1) is 0 Å². The summed E-state index contributed by atoms with van der Waals surface area (Å²) < 4.78 is 11.1. The first-order valence-electron chi connectivity index (χ1n) is 9.85. The minimum absolute atomic E-state index is 0.0997. The van der Waals surface area contributed by atoms with Crippen LogP contribution >= 0.6 is 0 Å². The van der Waals surface area contributed by atoms with Gasteiger partial charge in [-0.3, -0.25) is 0 Å². The lowest BCUT2D eigenvalue weighted by molar-refractivity contribution is 0.377. The second-order valence-electron chi connectivity index (χ2n) is 7.88. The molecule has 0 saturated heterocycles. The molecule has 5 nitrogen and oxygen atoms in total.